The van der Waals surface area contributed by atoms with E-state index in [2.05, 4.69) is 15.9 Å². The van der Waals surface area contributed by atoms with Crippen molar-refractivity contribution in [1.82, 2.24) is 0 Å². The largest absolute Gasteiger partial charge is 0.390 e. The monoisotopic (exact) mass is 382 g/mol. The number of hydrogen-bond acceptors (Lipinski definition) is 2. The van der Waals surface area contributed by atoms with Gasteiger partial charge in [-0.15, -0.1) is 0 Å². The van der Waals surface area contributed by atoms with Crippen LogP contribution in [0, 0.1) is 41.4 Å². The molecule has 1 N–H and O–H groups in total. The molecule has 130 valence electrons. The van der Waals surface area contributed by atoms with Crippen molar-refractivity contribution >= 4 is 21.7 Å². The maximum Gasteiger partial charge on any atom is 0.146 e. The fraction of sp³-hybridized carbons (Fsp3) is 0.950. The maximum atomic E-state index is 12.3. The van der Waals surface area contributed by atoms with Gasteiger partial charge in [0.2, 0.25) is 0 Å². The molecular weight excluding hydrogens is 352 g/mol. The normalized spacial score (nSPS) is 52.4. The van der Waals surface area contributed by atoms with Gasteiger partial charge in [-0.2, -0.15) is 0 Å². The number of Topliss-reactive ketones (excluding diaryl/α,β-unsaturated/α-hetero) is 1. The molecule has 0 spiro atoms. The van der Waals surface area contributed by atoms with Crippen molar-refractivity contribution in [3.05, 3.63) is 0 Å². The van der Waals surface area contributed by atoms with Gasteiger partial charge in [0.1, 0.15) is 5.78 Å². The molecule has 0 bridgehead atoms. The van der Waals surface area contributed by atoms with E-state index in [-0.39, 0.29) is 0 Å². The molecule has 8 atom stereocenters. The third kappa shape index (κ3) is 2.84. The van der Waals surface area contributed by atoms with E-state index < -0.39 is 5.60 Å². The van der Waals surface area contributed by atoms with Crippen molar-refractivity contribution in [1.29, 1.82) is 0 Å². The van der Waals surface area contributed by atoms with Gasteiger partial charge in [0.25, 0.3) is 0 Å². The van der Waals surface area contributed by atoms with Crippen LogP contribution in [0.4, 0.5) is 0 Å². The summed E-state index contributed by atoms with van der Waals surface area (Å²) in [7, 11) is 0. The van der Waals surface area contributed by atoms with Gasteiger partial charge in [0, 0.05) is 5.92 Å². The standard InChI is InChI=1S/C20H31BrO2/c1-20(23)9-8-13-12(10-20)2-3-15-14(13)4-5-17-16(15)6-7-18(17)19(22)11-21/h12-18,23H,2-11H2,1H3/t12-,13+,14-,15-,16+,17+,18-,20-/m1/s1. The van der Waals surface area contributed by atoms with Crippen LogP contribution in [-0.4, -0.2) is 21.8 Å². The first-order valence-electron chi connectivity index (χ1n) is 9.81. The fourth-order valence-corrected chi connectivity index (χ4v) is 7.65. The smallest absolute Gasteiger partial charge is 0.146 e. The highest BCUT2D eigenvalue weighted by Crippen LogP contribution is 2.59. The van der Waals surface area contributed by atoms with Gasteiger partial charge in [-0.3, -0.25) is 4.79 Å². The molecule has 3 heteroatoms. The molecule has 0 amide bonds. The molecule has 23 heavy (non-hydrogen) atoms. The molecule has 4 aliphatic rings. The second-order valence-corrected chi connectivity index (χ2v) is 9.82. The van der Waals surface area contributed by atoms with E-state index in [1.807, 2.05) is 6.92 Å². The number of halogens is 1. The molecule has 0 saturated heterocycles. The number of carbonyl (C=O) groups is 1. The van der Waals surface area contributed by atoms with Crippen LogP contribution in [0.3, 0.4) is 0 Å². The van der Waals surface area contributed by atoms with Gasteiger partial charge in [-0.05, 0) is 100 Å². The zero-order valence-corrected chi connectivity index (χ0v) is 15.9. The summed E-state index contributed by atoms with van der Waals surface area (Å²) in [5, 5.41) is 11.0. The highest BCUT2D eigenvalue weighted by atomic mass is 79.9. The number of hydrogen-bond donors (Lipinski definition) is 1. The Morgan fingerprint density at radius 2 is 1.57 bits per heavy atom. The minimum atomic E-state index is -0.411. The molecule has 0 aromatic heterocycles. The molecule has 4 aliphatic carbocycles. The van der Waals surface area contributed by atoms with Crippen molar-refractivity contribution in [2.24, 2.45) is 41.4 Å². The van der Waals surface area contributed by atoms with Crippen molar-refractivity contribution in [2.45, 2.75) is 70.3 Å². The summed E-state index contributed by atoms with van der Waals surface area (Å²) in [4.78, 5) is 12.3. The lowest BCUT2D eigenvalue weighted by Crippen LogP contribution is -2.48. The van der Waals surface area contributed by atoms with Crippen LogP contribution in [-0.2, 0) is 4.79 Å². The quantitative estimate of drug-likeness (QED) is 0.709. The van der Waals surface area contributed by atoms with Gasteiger partial charge in [-0.25, -0.2) is 0 Å². The van der Waals surface area contributed by atoms with Crippen molar-refractivity contribution in [3.63, 3.8) is 0 Å². The highest BCUT2D eigenvalue weighted by molar-refractivity contribution is 9.09. The summed E-state index contributed by atoms with van der Waals surface area (Å²) in [6, 6.07) is 0. The third-order valence-electron chi connectivity index (χ3n) is 8.10. The number of ketones is 1. The Kier molecular flexibility index (Phi) is 4.41. The van der Waals surface area contributed by atoms with Gasteiger partial charge in [0.15, 0.2) is 0 Å². The Bertz CT molecular complexity index is 474. The van der Waals surface area contributed by atoms with E-state index in [4.69, 9.17) is 0 Å². The fourth-order valence-electron chi connectivity index (χ4n) is 7.24. The summed E-state index contributed by atoms with van der Waals surface area (Å²) in [6.07, 6.45) is 11.0. The summed E-state index contributed by atoms with van der Waals surface area (Å²) in [5.74, 6) is 5.71. The topological polar surface area (TPSA) is 37.3 Å². The molecule has 0 unspecified atom stereocenters. The SMILES string of the molecule is C[C@@]1(O)CC[C@H]2[C@H](CC[C@@H]3[C@@H]2CC[C@H]2[C@H]3CC[C@H]2C(=O)CBr)C1. The number of carbonyl (C=O) groups excluding carboxylic acids is 1. The van der Waals surface area contributed by atoms with Crippen LogP contribution in [0.15, 0.2) is 0 Å². The van der Waals surface area contributed by atoms with Gasteiger partial charge in [0.05, 0.1) is 10.9 Å². The Labute approximate surface area is 148 Å². The van der Waals surface area contributed by atoms with E-state index in [0.717, 1.165) is 48.9 Å². The molecule has 4 rings (SSSR count). The predicted molar refractivity (Wildman–Crippen MR) is 95.4 cm³/mol. The first-order chi connectivity index (χ1) is 11.0. The Morgan fingerprint density at radius 3 is 2.35 bits per heavy atom. The van der Waals surface area contributed by atoms with E-state index >= 15 is 0 Å². The summed E-state index contributed by atoms with van der Waals surface area (Å²) in [5.41, 5.74) is -0.411. The summed E-state index contributed by atoms with van der Waals surface area (Å²) >= 11 is 3.39. The van der Waals surface area contributed by atoms with E-state index in [1.54, 1.807) is 0 Å². The minimum absolute atomic E-state index is 0.352. The Morgan fingerprint density at radius 1 is 0.957 bits per heavy atom. The molecule has 0 aliphatic heterocycles. The third-order valence-corrected chi connectivity index (χ3v) is 8.65. The van der Waals surface area contributed by atoms with Crippen molar-refractivity contribution < 1.29 is 9.90 Å². The average Bonchev–Trinajstić information content (AvgIpc) is 2.96. The van der Waals surface area contributed by atoms with E-state index in [9.17, 15) is 9.90 Å². The number of aliphatic hydroxyl groups is 1. The molecule has 4 fully saturated rings. The number of alkyl halides is 1. The Balaban J connectivity index is 1.49. The highest BCUT2D eigenvalue weighted by Gasteiger charge is 2.53. The predicted octanol–water partition coefficient (Wildman–Crippen LogP) is 4.58. The number of fused-ring (bicyclic) bond motifs is 5. The second kappa shape index (κ2) is 6.12. The van der Waals surface area contributed by atoms with Crippen LogP contribution >= 0.6 is 15.9 Å². The lowest BCUT2D eigenvalue weighted by Gasteiger charge is -2.54. The van der Waals surface area contributed by atoms with Crippen LogP contribution in [0.2, 0.25) is 0 Å². The number of rotatable bonds is 2. The van der Waals surface area contributed by atoms with E-state index in [1.165, 1.54) is 38.5 Å². The average molecular weight is 383 g/mol. The summed E-state index contributed by atoms with van der Waals surface area (Å²) < 4.78 is 0. The molecule has 0 heterocycles. The molecular formula is C20H31BrO2. The van der Waals surface area contributed by atoms with Gasteiger partial charge >= 0.3 is 0 Å². The van der Waals surface area contributed by atoms with E-state index in [0.29, 0.717) is 22.9 Å². The second-order valence-electron chi connectivity index (χ2n) is 9.26. The molecule has 2 nitrogen and oxygen atoms in total. The molecule has 0 aromatic rings. The van der Waals surface area contributed by atoms with Crippen molar-refractivity contribution in [2.75, 3.05) is 5.33 Å². The zero-order valence-electron chi connectivity index (χ0n) is 14.3. The molecule has 0 radical (unpaired) electrons. The van der Waals surface area contributed by atoms with Gasteiger partial charge < -0.3 is 5.11 Å². The lowest BCUT2D eigenvalue weighted by molar-refractivity contribution is -0.123. The molecule has 0 aromatic carbocycles. The van der Waals surface area contributed by atoms with Crippen LogP contribution in [0.5, 0.6) is 0 Å². The van der Waals surface area contributed by atoms with Crippen LogP contribution < -0.4 is 0 Å². The Hall–Kier alpha value is 0.110. The maximum absolute atomic E-state index is 12.3. The van der Waals surface area contributed by atoms with Crippen LogP contribution in [0.1, 0.15) is 64.7 Å². The first-order valence-corrected chi connectivity index (χ1v) is 10.9. The van der Waals surface area contributed by atoms with Crippen molar-refractivity contribution in [3.8, 4) is 0 Å². The minimum Gasteiger partial charge on any atom is -0.390 e. The summed E-state index contributed by atoms with van der Waals surface area (Å²) in [6.45, 7) is 2.04. The first kappa shape index (κ1) is 16.6. The lowest BCUT2D eigenvalue weighted by atomic mass is 9.52. The van der Waals surface area contributed by atoms with Gasteiger partial charge in [-0.1, -0.05) is 15.9 Å². The van der Waals surface area contributed by atoms with Crippen LogP contribution in [0.25, 0.3) is 0 Å². The zero-order chi connectivity index (χ0) is 16.2. The molecule has 4 saturated carbocycles.